The molecule has 2 aliphatic rings. The molecule has 0 aromatic heterocycles. The highest BCUT2D eigenvalue weighted by atomic mass is 16.5. The first-order valence-corrected chi connectivity index (χ1v) is 6.94. The number of nitrogens with zero attached hydrogens (tertiary/aromatic N) is 2. The van der Waals surface area contributed by atoms with Crippen LogP contribution in [-0.4, -0.2) is 66.0 Å². The lowest BCUT2D eigenvalue weighted by atomic mass is 10.1. The van der Waals surface area contributed by atoms with Crippen molar-refractivity contribution >= 4 is 0 Å². The molecule has 0 amide bonds. The average Bonchev–Trinajstić information content (AvgIpc) is 2.42. The highest BCUT2D eigenvalue weighted by molar-refractivity contribution is 5.12. The number of hydrogen-bond donors (Lipinski definition) is 2. The summed E-state index contributed by atoms with van der Waals surface area (Å²) < 4.78 is 5.77. The third-order valence-electron chi connectivity index (χ3n) is 3.49. The van der Waals surface area contributed by atoms with Gasteiger partial charge in [-0.2, -0.15) is 0 Å². The van der Waals surface area contributed by atoms with Gasteiger partial charge in [-0.25, -0.2) is 0 Å². The van der Waals surface area contributed by atoms with E-state index in [-0.39, 0.29) is 13.2 Å². The fourth-order valence-electron chi connectivity index (χ4n) is 2.68. The molecule has 0 atom stereocenters. The van der Waals surface area contributed by atoms with Crippen molar-refractivity contribution in [3.8, 4) is 0 Å². The first-order chi connectivity index (χ1) is 8.86. The number of aliphatic hydroxyl groups excluding tert-OH is 2. The van der Waals surface area contributed by atoms with Crippen LogP contribution in [0, 0.1) is 0 Å². The second kappa shape index (κ2) is 6.85. The Morgan fingerprint density at radius 1 is 1.00 bits per heavy atom. The zero-order valence-electron chi connectivity index (χ0n) is 11.0. The van der Waals surface area contributed by atoms with Gasteiger partial charge < -0.3 is 24.7 Å². The lowest BCUT2D eigenvalue weighted by Gasteiger charge is -2.42. The first-order valence-electron chi connectivity index (χ1n) is 6.94. The van der Waals surface area contributed by atoms with Crippen molar-refractivity contribution in [2.75, 3.05) is 46.0 Å². The molecule has 0 spiro atoms. The van der Waals surface area contributed by atoms with Crippen LogP contribution in [0.3, 0.4) is 0 Å². The van der Waals surface area contributed by atoms with Crippen LogP contribution in [0.4, 0.5) is 0 Å². The highest BCUT2D eigenvalue weighted by Gasteiger charge is 2.28. The van der Waals surface area contributed by atoms with E-state index in [1.807, 2.05) is 0 Å². The molecule has 0 radical (unpaired) electrons. The number of rotatable bonds is 6. The zero-order chi connectivity index (χ0) is 12.8. The lowest BCUT2D eigenvalue weighted by molar-refractivity contribution is 0.0585. The summed E-state index contributed by atoms with van der Waals surface area (Å²) in [5.74, 6) is 2.30. The molecule has 2 N–H and O–H groups in total. The summed E-state index contributed by atoms with van der Waals surface area (Å²) in [6.07, 6.45) is 3.73. The number of aliphatic hydroxyl groups is 2. The van der Waals surface area contributed by atoms with Gasteiger partial charge in [-0.3, -0.25) is 0 Å². The Morgan fingerprint density at radius 2 is 1.67 bits per heavy atom. The van der Waals surface area contributed by atoms with Crippen molar-refractivity contribution in [2.24, 2.45) is 0 Å². The van der Waals surface area contributed by atoms with Crippen LogP contribution in [0.2, 0.25) is 0 Å². The van der Waals surface area contributed by atoms with E-state index in [1.165, 1.54) is 5.82 Å². The molecule has 0 aliphatic carbocycles. The molecule has 2 rings (SSSR count). The number of hydrogen-bond acceptors (Lipinski definition) is 5. The quantitative estimate of drug-likeness (QED) is 0.718. The number of allylic oxidation sites excluding steroid dienone is 1. The van der Waals surface area contributed by atoms with E-state index in [0.717, 1.165) is 64.2 Å². The van der Waals surface area contributed by atoms with Crippen molar-refractivity contribution in [2.45, 2.75) is 25.7 Å². The Hall–Kier alpha value is -0.940. The van der Waals surface area contributed by atoms with Crippen LogP contribution in [0.25, 0.3) is 0 Å². The monoisotopic (exact) mass is 256 g/mol. The minimum absolute atomic E-state index is 0.233. The molecule has 0 unspecified atom stereocenters. The normalized spacial score (nSPS) is 19.9. The maximum atomic E-state index is 8.98. The second-order valence-electron chi connectivity index (χ2n) is 4.83. The third-order valence-corrected chi connectivity index (χ3v) is 3.49. The topological polar surface area (TPSA) is 56.2 Å². The molecule has 0 aromatic rings. The summed E-state index contributed by atoms with van der Waals surface area (Å²) in [4.78, 5) is 4.65. The van der Waals surface area contributed by atoms with Gasteiger partial charge in [0.05, 0.1) is 6.54 Å². The summed E-state index contributed by atoms with van der Waals surface area (Å²) in [5, 5.41) is 18.0. The van der Waals surface area contributed by atoms with E-state index in [1.54, 1.807) is 0 Å². The predicted octanol–water partition coefficient (Wildman–Crippen LogP) is 0.348. The molecule has 18 heavy (non-hydrogen) atoms. The molecule has 0 saturated carbocycles. The Morgan fingerprint density at radius 3 is 2.33 bits per heavy atom. The summed E-state index contributed by atoms with van der Waals surface area (Å²) in [6, 6.07) is 0. The summed E-state index contributed by atoms with van der Waals surface area (Å²) in [7, 11) is 0. The summed E-state index contributed by atoms with van der Waals surface area (Å²) in [5.41, 5.74) is 0. The third kappa shape index (κ3) is 3.09. The molecule has 2 heterocycles. The summed E-state index contributed by atoms with van der Waals surface area (Å²) >= 11 is 0. The van der Waals surface area contributed by atoms with Gasteiger partial charge in [-0.1, -0.05) is 0 Å². The second-order valence-corrected chi connectivity index (χ2v) is 4.83. The SMILES string of the molecule is OCCCN1CCCC2=C1N(CCCO)CCO2. The highest BCUT2D eigenvalue weighted by Crippen LogP contribution is 2.29. The van der Waals surface area contributed by atoms with Crippen LogP contribution in [0.15, 0.2) is 11.6 Å². The predicted molar refractivity (Wildman–Crippen MR) is 68.8 cm³/mol. The smallest absolute Gasteiger partial charge is 0.143 e. The van der Waals surface area contributed by atoms with Gasteiger partial charge in [0.2, 0.25) is 0 Å². The van der Waals surface area contributed by atoms with Gasteiger partial charge in [0.15, 0.2) is 0 Å². The average molecular weight is 256 g/mol. The van der Waals surface area contributed by atoms with Crippen LogP contribution in [0.5, 0.6) is 0 Å². The molecule has 0 fully saturated rings. The molecular formula is C13H24N2O3. The maximum Gasteiger partial charge on any atom is 0.143 e. The molecule has 104 valence electrons. The molecule has 5 nitrogen and oxygen atoms in total. The Bertz CT molecular complexity index is 268. The van der Waals surface area contributed by atoms with E-state index < -0.39 is 0 Å². The van der Waals surface area contributed by atoms with Crippen molar-refractivity contribution in [1.82, 2.24) is 9.80 Å². The van der Waals surface area contributed by atoms with E-state index in [4.69, 9.17) is 14.9 Å². The fourth-order valence-corrected chi connectivity index (χ4v) is 2.68. The van der Waals surface area contributed by atoms with Crippen LogP contribution < -0.4 is 0 Å². The van der Waals surface area contributed by atoms with Gasteiger partial charge in [-0.15, -0.1) is 0 Å². The lowest BCUT2D eigenvalue weighted by Crippen LogP contribution is -2.45. The van der Waals surface area contributed by atoms with Gasteiger partial charge in [0.25, 0.3) is 0 Å². The van der Waals surface area contributed by atoms with E-state index in [9.17, 15) is 0 Å². The minimum Gasteiger partial charge on any atom is -0.492 e. The van der Waals surface area contributed by atoms with Crippen molar-refractivity contribution in [3.63, 3.8) is 0 Å². The minimum atomic E-state index is 0.233. The molecular weight excluding hydrogens is 232 g/mol. The van der Waals surface area contributed by atoms with Gasteiger partial charge >= 0.3 is 0 Å². The van der Waals surface area contributed by atoms with Crippen molar-refractivity contribution in [1.29, 1.82) is 0 Å². The Balaban J connectivity index is 2.07. The standard InChI is InChI=1S/C13H24N2O3/c16-9-2-6-14-5-1-4-12-13(14)15(7-3-10-17)8-11-18-12/h16-17H,1-11H2. The van der Waals surface area contributed by atoms with Crippen LogP contribution in [0.1, 0.15) is 25.7 Å². The maximum absolute atomic E-state index is 8.98. The molecule has 0 saturated heterocycles. The van der Waals surface area contributed by atoms with Crippen molar-refractivity contribution < 1.29 is 14.9 Å². The Labute approximate surface area is 109 Å². The summed E-state index contributed by atoms with van der Waals surface area (Å²) in [6.45, 7) is 4.92. The zero-order valence-corrected chi connectivity index (χ0v) is 11.0. The van der Waals surface area contributed by atoms with Crippen LogP contribution >= 0.6 is 0 Å². The first kappa shape index (κ1) is 13.5. The molecule has 5 heteroatoms. The van der Waals surface area contributed by atoms with E-state index in [2.05, 4.69) is 9.80 Å². The van der Waals surface area contributed by atoms with Gasteiger partial charge in [-0.05, 0) is 19.3 Å². The Kier molecular flexibility index (Phi) is 5.13. The molecule has 0 bridgehead atoms. The van der Waals surface area contributed by atoms with E-state index in [0.29, 0.717) is 0 Å². The van der Waals surface area contributed by atoms with Crippen LogP contribution in [-0.2, 0) is 4.74 Å². The molecule has 2 aliphatic heterocycles. The molecule has 0 aromatic carbocycles. The number of ether oxygens (including phenoxy) is 1. The van der Waals surface area contributed by atoms with E-state index >= 15 is 0 Å². The van der Waals surface area contributed by atoms with Crippen molar-refractivity contribution in [3.05, 3.63) is 11.6 Å². The largest absolute Gasteiger partial charge is 0.492 e. The van der Waals surface area contributed by atoms with Gasteiger partial charge in [0.1, 0.15) is 18.2 Å². The fraction of sp³-hybridized carbons (Fsp3) is 0.846. The van der Waals surface area contributed by atoms with Gasteiger partial charge in [0, 0.05) is 39.3 Å².